The van der Waals surface area contributed by atoms with E-state index >= 15 is 0 Å². The molecule has 0 aliphatic rings. The van der Waals surface area contributed by atoms with E-state index in [0.717, 1.165) is 3.80 Å². The van der Waals surface area contributed by atoms with Crippen LogP contribution in [0, 0.1) is 0 Å². The first-order valence-electron chi connectivity index (χ1n) is 3.21. The third-order valence-corrected chi connectivity index (χ3v) is 2.95. The van der Waals surface area contributed by atoms with Crippen LogP contribution in [0.25, 0.3) is 0 Å². The Balaban J connectivity index is 3.02. The van der Waals surface area contributed by atoms with Gasteiger partial charge in [0, 0.05) is 0 Å². The molecule has 0 fully saturated rings. The first-order chi connectivity index (χ1) is 6.15. The fraction of sp³-hybridized carbons (Fsp3) is 0.167. The number of hydrogen-bond acceptors (Lipinski definition) is 5. The van der Waals surface area contributed by atoms with Gasteiger partial charge in [0.1, 0.15) is 0 Å². The Morgan fingerprint density at radius 1 is 1.85 bits per heavy atom. The molecule has 1 N–H and O–H groups in total. The van der Waals surface area contributed by atoms with E-state index in [2.05, 4.69) is 15.0 Å². The molecule has 0 saturated heterocycles. The first-order valence-corrected chi connectivity index (χ1v) is 5.30. The number of thiazole rings is 1. The van der Waals surface area contributed by atoms with Gasteiger partial charge in [-0.3, -0.25) is 0 Å². The summed E-state index contributed by atoms with van der Waals surface area (Å²) in [6, 6.07) is 0. The monoisotopic (exact) mass is 262 g/mol. The van der Waals surface area contributed by atoms with E-state index < -0.39 is 5.97 Å². The summed E-state index contributed by atoms with van der Waals surface area (Å²) in [4.78, 5) is 19.1. The van der Waals surface area contributed by atoms with Gasteiger partial charge in [-0.2, -0.15) is 0 Å². The van der Waals surface area contributed by atoms with Crippen molar-refractivity contribution < 1.29 is 14.7 Å². The standard InChI is InChI=1S/C6H7AsN2O3S/c1-12-9-4(5(10)11)3-2-13-6(7)8-3/h2H,7H2,1H3,(H,10,11)/b9-4-. The van der Waals surface area contributed by atoms with E-state index in [1.54, 1.807) is 5.38 Å². The molecule has 1 rings (SSSR count). The van der Waals surface area contributed by atoms with Crippen LogP contribution in [0.5, 0.6) is 0 Å². The Kier molecular flexibility index (Phi) is 3.45. The molecular weight excluding hydrogens is 255 g/mol. The van der Waals surface area contributed by atoms with Crippen molar-refractivity contribution >= 4 is 43.7 Å². The molecule has 70 valence electrons. The molecule has 0 saturated carbocycles. The third-order valence-electron chi connectivity index (χ3n) is 1.15. The number of carboxylic acids is 1. The van der Waals surface area contributed by atoms with Crippen molar-refractivity contribution in [3.63, 3.8) is 0 Å². The average Bonchev–Trinajstić information content (AvgIpc) is 2.46. The van der Waals surface area contributed by atoms with Crippen molar-refractivity contribution in [1.82, 2.24) is 4.98 Å². The molecule has 5 nitrogen and oxygen atoms in total. The van der Waals surface area contributed by atoms with Crippen molar-refractivity contribution in [2.75, 3.05) is 7.11 Å². The molecule has 1 atom stereocenters. The maximum absolute atomic E-state index is 10.7. The van der Waals surface area contributed by atoms with Crippen LogP contribution in [0.4, 0.5) is 0 Å². The summed E-state index contributed by atoms with van der Waals surface area (Å²) in [6.07, 6.45) is 0. The van der Waals surface area contributed by atoms with Gasteiger partial charge in [0.2, 0.25) is 0 Å². The molecule has 0 bridgehead atoms. The van der Waals surface area contributed by atoms with Gasteiger partial charge < -0.3 is 0 Å². The van der Waals surface area contributed by atoms with Gasteiger partial charge in [0.15, 0.2) is 0 Å². The fourth-order valence-corrected chi connectivity index (χ4v) is 1.95. The molecule has 1 aromatic heterocycles. The molecule has 0 aliphatic heterocycles. The second-order valence-electron chi connectivity index (χ2n) is 2.00. The number of aliphatic carboxylic acids is 1. The van der Waals surface area contributed by atoms with Gasteiger partial charge in [-0.25, -0.2) is 0 Å². The Morgan fingerprint density at radius 2 is 2.54 bits per heavy atom. The van der Waals surface area contributed by atoms with Crippen molar-refractivity contribution in [3.8, 4) is 0 Å². The van der Waals surface area contributed by atoms with Crippen LogP contribution in [0.1, 0.15) is 5.69 Å². The first kappa shape index (κ1) is 10.2. The zero-order chi connectivity index (χ0) is 9.84. The average molecular weight is 262 g/mol. The number of carboxylic acid groups (broad SMARTS) is 1. The Labute approximate surface area is 86.9 Å². The van der Waals surface area contributed by atoms with Gasteiger partial charge in [-0.05, 0) is 0 Å². The molecule has 1 aromatic rings. The van der Waals surface area contributed by atoms with Crippen LogP contribution in [-0.2, 0) is 9.63 Å². The van der Waals surface area contributed by atoms with Crippen LogP contribution in [0.2, 0.25) is 0 Å². The Morgan fingerprint density at radius 3 is 2.92 bits per heavy atom. The predicted octanol–water partition coefficient (Wildman–Crippen LogP) is -1.16. The quantitative estimate of drug-likeness (QED) is 0.423. The molecule has 1 heterocycles. The number of nitrogens with zero attached hydrogens (tertiary/aromatic N) is 2. The molecular formula is C6H7AsN2O3S. The summed E-state index contributed by atoms with van der Waals surface area (Å²) in [5.41, 5.74) is 0.182. The number of hydrogen-bond donors (Lipinski definition) is 1. The number of rotatable bonds is 3. The summed E-state index contributed by atoms with van der Waals surface area (Å²) >= 11 is 2.74. The molecule has 0 aromatic carbocycles. The SMILES string of the molecule is CO/N=C(\C(=O)O)c1csc([AsH2])n1. The van der Waals surface area contributed by atoms with Gasteiger partial charge in [-0.1, -0.05) is 0 Å². The number of oxime groups is 1. The van der Waals surface area contributed by atoms with Crippen LogP contribution in [-0.4, -0.2) is 45.7 Å². The van der Waals surface area contributed by atoms with Gasteiger partial charge in [-0.15, -0.1) is 0 Å². The maximum atomic E-state index is 10.7. The van der Waals surface area contributed by atoms with Crippen LogP contribution >= 0.6 is 11.3 Å². The van der Waals surface area contributed by atoms with E-state index in [1.165, 1.54) is 35.3 Å². The van der Waals surface area contributed by atoms with E-state index in [4.69, 9.17) is 5.11 Å². The van der Waals surface area contributed by atoms with Gasteiger partial charge >= 0.3 is 86.7 Å². The molecule has 0 spiro atoms. The molecule has 7 heteroatoms. The zero-order valence-corrected chi connectivity index (χ0v) is 9.96. The molecule has 1 unspecified atom stereocenters. The van der Waals surface area contributed by atoms with Crippen LogP contribution in [0.3, 0.4) is 0 Å². The number of aromatic nitrogens is 1. The summed E-state index contributed by atoms with van der Waals surface area (Å²) < 4.78 is 0.854. The number of carbonyl (C=O) groups is 1. The molecule has 13 heavy (non-hydrogen) atoms. The zero-order valence-electron chi connectivity index (χ0n) is 6.72. The van der Waals surface area contributed by atoms with Crippen molar-refractivity contribution in [1.29, 1.82) is 0 Å². The van der Waals surface area contributed by atoms with Gasteiger partial charge in [0.25, 0.3) is 0 Å². The topological polar surface area (TPSA) is 71.8 Å². The minimum atomic E-state index is -1.14. The molecule has 0 aliphatic carbocycles. The molecule has 0 radical (unpaired) electrons. The summed E-state index contributed by atoms with van der Waals surface area (Å²) in [6.45, 7) is 0. The summed E-state index contributed by atoms with van der Waals surface area (Å²) in [5.74, 6) is -1.14. The van der Waals surface area contributed by atoms with Crippen molar-refractivity contribution in [3.05, 3.63) is 11.1 Å². The molecule has 0 amide bonds. The van der Waals surface area contributed by atoms with Crippen LogP contribution in [0.15, 0.2) is 10.5 Å². The van der Waals surface area contributed by atoms with E-state index in [-0.39, 0.29) is 5.71 Å². The second kappa shape index (κ2) is 4.39. The second-order valence-corrected chi connectivity index (χ2v) is 4.91. The van der Waals surface area contributed by atoms with Gasteiger partial charge in [0.05, 0.1) is 0 Å². The van der Waals surface area contributed by atoms with Crippen LogP contribution < -0.4 is 3.80 Å². The van der Waals surface area contributed by atoms with E-state index in [1.807, 2.05) is 0 Å². The predicted molar refractivity (Wildman–Crippen MR) is 51.5 cm³/mol. The summed E-state index contributed by atoms with van der Waals surface area (Å²) in [5, 5.41) is 13.7. The fourth-order valence-electron chi connectivity index (χ4n) is 0.683. The summed E-state index contributed by atoms with van der Waals surface area (Å²) in [7, 11) is 1.30. The minimum absolute atomic E-state index is 0.164. The van der Waals surface area contributed by atoms with Crippen molar-refractivity contribution in [2.24, 2.45) is 5.16 Å². The third kappa shape index (κ3) is 2.53. The van der Waals surface area contributed by atoms with E-state index in [9.17, 15) is 4.79 Å². The Hall–Kier alpha value is -0.872. The van der Waals surface area contributed by atoms with Crippen molar-refractivity contribution in [2.45, 2.75) is 0 Å². The normalized spacial score (nSPS) is 11.4. The van der Waals surface area contributed by atoms with E-state index in [0.29, 0.717) is 5.69 Å². The Bertz CT molecular complexity index is 349.